The van der Waals surface area contributed by atoms with Crippen LogP contribution in [-0.2, 0) is 17.8 Å². The molecule has 1 amide bonds. The Morgan fingerprint density at radius 2 is 1.76 bits per heavy atom. The zero-order valence-corrected chi connectivity index (χ0v) is 21.0. The highest BCUT2D eigenvalue weighted by atomic mass is 16.7. The monoisotopic (exact) mass is 505 g/mol. The second-order valence-corrected chi connectivity index (χ2v) is 9.12. The summed E-state index contributed by atoms with van der Waals surface area (Å²) in [5, 5.41) is 3.03. The Kier molecular flexibility index (Phi) is 6.40. The SMILES string of the molecule is COc1cccc(-c2nc3ccc(-c4ccccc4)cn3c2CCC(=O)NCc2ccc3c(c2)OCO3)c1. The van der Waals surface area contributed by atoms with Crippen molar-refractivity contribution in [3.63, 3.8) is 0 Å². The van der Waals surface area contributed by atoms with E-state index in [2.05, 4.69) is 34.1 Å². The largest absolute Gasteiger partial charge is 0.497 e. The molecule has 0 aliphatic carbocycles. The number of fused-ring (bicyclic) bond motifs is 2. The number of rotatable bonds is 8. The molecule has 0 radical (unpaired) electrons. The van der Waals surface area contributed by atoms with Gasteiger partial charge in [-0.15, -0.1) is 0 Å². The molecule has 0 fully saturated rings. The van der Waals surface area contributed by atoms with Crippen molar-refractivity contribution in [2.75, 3.05) is 13.9 Å². The quantitative estimate of drug-likeness (QED) is 0.295. The smallest absolute Gasteiger partial charge is 0.231 e. The fourth-order valence-electron chi connectivity index (χ4n) is 4.71. The van der Waals surface area contributed by atoms with Crippen molar-refractivity contribution < 1.29 is 19.0 Å². The molecule has 1 aliphatic rings. The summed E-state index contributed by atoms with van der Waals surface area (Å²) >= 11 is 0. The van der Waals surface area contributed by atoms with Crippen LogP contribution in [0.1, 0.15) is 17.7 Å². The number of carbonyl (C=O) groups is 1. The fourth-order valence-corrected chi connectivity index (χ4v) is 4.71. The summed E-state index contributed by atoms with van der Waals surface area (Å²) in [6.07, 6.45) is 2.95. The van der Waals surface area contributed by atoms with Crippen LogP contribution in [0.25, 0.3) is 28.0 Å². The Bertz CT molecular complexity index is 1610. The maximum Gasteiger partial charge on any atom is 0.231 e. The third-order valence-corrected chi connectivity index (χ3v) is 6.68. The number of amides is 1. The Morgan fingerprint density at radius 1 is 0.921 bits per heavy atom. The number of ether oxygens (including phenoxy) is 3. The van der Waals surface area contributed by atoms with Gasteiger partial charge in [-0.2, -0.15) is 0 Å². The standard InChI is InChI=1S/C31H27N3O4/c1-36-25-9-5-8-23(17-25)31-26(34-19-24(11-14-29(34)33-31)22-6-3-2-4-7-22)12-15-30(35)32-18-21-10-13-27-28(16-21)38-20-37-27/h2-11,13-14,16-17,19H,12,15,18,20H2,1H3,(H,32,35). The Labute approximate surface area is 220 Å². The van der Waals surface area contributed by atoms with Crippen molar-refractivity contribution in [3.05, 3.63) is 102 Å². The number of pyridine rings is 1. The lowest BCUT2D eigenvalue weighted by molar-refractivity contribution is -0.121. The van der Waals surface area contributed by atoms with Gasteiger partial charge in [0, 0.05) is 24.7 Å². The number of benzene rings is 3. The highest BCUT2D eigenvalue weighted by Gasteiger charge is 2.17. The molecule has 0 atom stereocenters. The average Bonchev–Trinajstić information content (AvgIpc) is 3.59. The third-order valence-electron chi connectivity index (χ3n) is 6.68. The van der Waals surface area contributed by atoms with E-state index in [1.165, 1.54) is 0 Å². The maximum atomic E-state index is 12.9. The van der Waals surface area contributed by atoms with Crippen molar-refractivity contribution in [1.29, 1.82) is 0 Å². The first-order valence-electron chi connectivity index (χ1n) is 12.5. The van der Waals surface area contributed by atoms with Gasteiger partial charge in [-0.3, -0.25) is 4.79 Å². The maximum absolute atomic E-state index is 12.9. The molecule has 38 heavy (non-hydrogen) atoms. The predicted molar refractivity (Wildman–Crippen MR) is 145 cm³/mol. The number of hydrogen-bond donors (Lipinski definition) is 1. The predicted octanol–water partition coefficient (Wildman–Crippen LogP) is 5.65. The van der Waals surface area contributed by atoms with Gasteiger partial charge in [-0.1, -0.05) is 48.5 Å². The van der Waals surface area contributed by atoms with E-state index in [1.807, 2.05) is 66.7 Å². The number of aryl methyl sites for hydroxylation is 1. The van der Waals surface area contributed by atoms with Gasteiger partial charge in [0.1, 0.15) is 11.4 Å². The molecule has 3 aromatic carbocycles. The molecule has 3 heterocycles. The van der Waals surface area contributed by atoms with Crippen molar-refractivity contribution in [2.24, 2.45) is 0 Å². The van der Waals surface area contributed by atoms with Gasteiger partial charge in [0.05, 0.1) is 18.5 Å². The minimum absolute atomic E-state index is 0.0339. The number of aromatic nitrogens is 2. The van der Waals surface area contributed by atoms with Gasteiger partial charge in [-0.25, -0.2) is 4.98 Å². The molecule has 7 nitrogen and oxygen atoms in total. The average molecular weight is 506 g/mol. The molecule has 0 bridgehead atoms. The summed E-state index contributed by atoms with van der Waals surface area (Å²) in [5.74, 6) is 2.16. The Hall–Kier alpha value is -4.78. The van der Waals surface area contributed by atoms with Crippen molar-refractivity contribution in [3.8, 4) is 39.6 Å². The molecule has 1 aliphatic heterocycles. The summed E-state index contributed by atoms with van der Waals surface area (Å²) in [6, 6.07) is 27.9. The van der Waals surface area contributed by atoms with Crippen LogP contribution in [0, 0.1) is 0 Å². The van der Waals surface area contributed by atoms with Crippen molar-refractivity contribution in [2.45, 2.75) is 19.4 Å². The van der Waals surface area contributed by atoms with Crippen LogP contribution in [0.5, 0.6) is 17.2 Å². The molecule has 0 saturated carbocycles. The highest BCUT2D eigenvalue weighted by molar-refractivity contribution is 5.77. The number of imidazole rings is 1. The minimum atomic E-state index is -0.0339. The lowest BCUT2D eigenvalue weighted by Crippen LogP contribution is -2.23. The van der Waals surface area contributed by atoms with Crippen molar-refractivity contribution >= 4 is 11.6 Å². The van der Waals surface area contributed by atoms with Crippen LogP contribution in [0.15, 0.2) is 91.1 Å². The zero-order valence-electron chi connectivity index (χ0n) is 21.0. The number of carbonyl (C=O) groups excluding carboxylic acids is 1. The van der Waals surface area contributed by atoms with Gasteiger partial charge < -0.3 is 23.9 Å². The molecule has 0 spiro atoms. The van der Waals surface area contributed by atoms with E-state index in [4.69, 9.17) is 19.2 Å². The topological polar surface area (TPSA) is 74.1 Å². The van der Waals surface area contributed by atoms with E-state index in [9.17, 15) is 4.79 Å². The molecular formula is C31H27N3O4. The normalized spacial score (nSPS) is 12.0. The zero-order chi connectivity index (χ0) is 25.9. The van der Waals surface area contributed by atoms with Crippen LogP contribution in [-0.4, -0.2) is 29.2 Å². The first kappa shape index (κ1) is 23.6. The van der Waals surface area contributed by atoms with Gasteiger partial charge in [0.25, 0.3) is 0 Å². The van der Waals surface area contributed by atoms with E-state index < -0.39 is 0 Å². The Balaban J connectivity index is 1.27. The molecule has 2 aromatic heterocycles. The van der Waals surface area contributed by atoms with Crippen LogP contribution in [0.4, 0.5) is 0 Å². The lowest BCUT2D eigenvalue weighted by atomic mass is 10.1. The summed E-state index contributed by atoms with van der Waals surface area (Å²) in [4.78, 5) is 17.8. The first-order chi connectivity index (χ1) is 18.7. The molecular weight excluding hydrogens is 478 g/mol. The summed E-state index contributed by atoms with van der Waals surface area (Å²) in [5.41, 5.74) is 6.77. The fraction of sp³-hybridized carbons (Fsp3) is 0.161. The van der Waals surface area contributed by atoms with Crippen LogP contribution in [0.3, 0.4) is 0 Å². The van der Waals surface area contributed by atoms with Crippen molar-refractivity contribution in [1.82, 2.24) is 14.7 Å². The number of hydrogen-bond acceptors (Lipinski definition) is 5. The van der Waals surface area contributed by atoms with Crippen LogP contribution < -0.4 is 19.5 Å². The second kappa shape index (κ2) is 10.3. The summed E-state index contributed by atoms with van der Waals surface area (Å²) in [7, 11) is 1.65. The summed E-state index contributed by atoms with van der Waals surface area (Å²) < 4.78 is 18.4. The molecule has 190 valence electrons. The van der Waals surface area contributed by atoms with Crippen LogP contribution in [0.2, 0.25) is 0 Å². The van der Waals surface area contributed by atoms with Crippen LogP contribution >= 0.6 is 0 Å². The lowest BCUT2D eigenvalue weighted by Gasteiger charge is -2.09. The minimum Gasteiger partial charge on any atom is -0.497 e. The van der Waals surface area contributed by atoms with Gasteiger partial charge in [-0.05, 0) is 59.5 Å². The number of nitrogens with one attached hydrogen (secondary N) is 1. The first-order valence-corrected chi connectivity index (χ1v) is 12.5. The van der Waals surface area contributed by atoms with E-state index in [0.717, 1.165) is 50.8 Å². The molecule has 0 unspecified atom stereocenters. The highest BCUT2D eigenvalue weighted by Crippen LogP contribution is 2.33. The molecule has 5 aromatic rings. The number of nitrogens with zero attached hydrogens (tertiary/aromatic N) is 2. The molecule has 6 rings (SSSR count). The van der Waals surface area contributed by atoms with E-state index in [1.54, 1.807) is 7.11 Å². The second-order valence-electron chi connectivity index (χ2n) is 9.12. The van der Waals surface area contributed by atoms with Gasteiger partial charge in [0.2, 0.25) is 12.7 Å². The van der Waals surface area contributed by atoms with Gasteiger partial charge in [0.15, 0.2) is 11.5 Å². The van der Waals surface area contributed by atoms with Gasteiger partial charge >= 0.3 is 0 Å². The number of methoxy groups -OCH3 is 1. The van der Waals surface area contributed by atoms with E-state index in [0.29, 0.717) is 25.1 Å². The van der Waals surface area contributed by atoms with E-state index in [-0.39, 0.29) is 12.7 Å². The third kappa shape index (κ3) is 4.78. The van der Waals surface area contributed by atoms with E-state index >= 15 is 0 Å². The summed E-state index contributed by atoms with van der Waals surface area (Å²) in [6.45, 7) is 0.648. The molecule has 7 heteroatoms. The molecule has 1 N–H and O–H groups in total. The molecule has 0 saturated heterocycles. The Morgan fingerprint density at radius 3 is 2.63 bits per heavy atom.